The van der Waals surface area contributed by atoms with Crippen molar-refractivity contribution in [3.63, 3.8) is 0 Å². The Morgan fingerprint density at radius 3 is 3.15 bits per heavy atom. The molecule has 0 radical (unpaired) electrons. The minimum absolute atomic E-state index is 0.0757. The number of nitrogens with one attached hydrogen (secondary N) is 1. The third kappa shape index (κ3) is 2.43. The summed E-state index contributed by atoms with van der Waals surface area (Å²) in [5, 5.41) is 0.886. The lowest BCUT2D eigenvalue weighted by atomic mass is 10.0. The molecule has 0 spiro atoms. The Labute approximate surface area is 118 Å². The summed E-state index contributed by atoms with van der Waals surface area (Å²) in [6, 6.07) is 5.79. The van der Waals surface area contributed by atoms with Crippen LogP contribution in [0.15, 0.2) is 24.4 Å². The van der Waals surface area contributed by atoms with Crippen molar-refractivity contribution in [2.24, 2.45) is 0 Å². The smallest absolute Gasteiger partial charge is 0.167 e. The average Bonchev–Trinajstić information content (AvgIpc) is 3.08. The Balaban J connectivity index is 1.91. The molecule has 4 heteroatoms. The molecule has 0 bridgehead atoms. The molecule has 1 aliphatic heterocycles. The Morgan fingerprint density at radius 2 is 2.40 bits per heavy atom. The summed E-state index contributed by atoms with van der Waals surface area (Å²) in [7, 11) is 0. The summed E-state index contributed by atoms with van der Waals surface area (Å²) in [5.74, 6) is 0.886. The predicted octanol–water partition coefficient (Wildman–Crippen LogP) is 3.32. The first kappa shape index (κ1) is 13.2. The number of carbonyl (C=O) groups is 1. The Morgan fingerprint density at radius 1 is 1.50 bits per heavy atom. The fraction of sp³-hybridized carbons (Fsp3) is 0.438. The topological polar surface area (TPSA) is 51.3 Å². The maximum Gasteiger partial charge on any atom is 0.167 e. The lowest BCUT2D eigenvalue weighted by molar-refractivity contribution is 0.0777. The largest absolute Gasteiger partial charge is 0.493 e. The quantitative estimate of drug-likeness (QED) is 0.850. The molecule has 2 heterocycles. The van der Waals surface area contributed by atoms with Crippen molar-refractivity contribution < 1.29 is 14.3 Å². The second kappa shape index (κ2) is 5.67. The third-order valence-electron chi connectivity index (χ3n) is 3.70. The monoisotopic (exact) mass is 273 g/mol. The number of benzene rings is 1. The van der Waals surface area contributed by atoms with Gasteiger partial charge in [0.1, 0.15) is 5.75 Å². The first-order valence-corrected chi connectivity index (χ1v) is 7.17. The zero-order valence-electron chi connectivity index (χ0n) is 11.6. The average molecular weight is 273 g/mol. The minimum Gasteiger partial charge on any atom is -0.493 e. The van der Waals surface area contributed by atoms with Crippen molar-refractivity contribution in [1.82, 2.24) is 4.98 Å². The first-order valence-electron chi connectivity index (χ1n) is 7.17. The number of H-pyrrole nitrogens is 1. The second-order valence-electron chi connectivity index (χ2n) is 5.08. The highest BCUT2D eigenvalue weighted by molar-refractivity contribution is 6.10. The molecule has 1 aromatic carbocycles. The van der Waals surface area contributed by atoms with Gasteiger partial charge in [-0.05, 0) is 31.9 Å². The summed E-state index contributed by atoms with van der Waals surface area (Å²) < 4.78 is 11.2. The number of Topliss-reactive ketones (excluding diaryl/α,β-unsaturated/α-hetero) is 1. The van der Waals surface area contributed by atoms with Gasteiger partial charge in [-0.1, -0.05) is 6.07 Å². The number of ketones is 1. The number of fused-ring (bicyclic) bond motifs is 1. The van der Waals surface area contributed by atoms with Crippen molar-refractivity contribution in [2.75, 3.05) is 13.2 Å². The molecular weight excluding hydrogens is 254 g/mol. The van der Waals surface area contributed by atoms with E-state index in [9.17, 15) is 4.79 Å². The van der Waals surface area contributed by atoms with Crippen LogP contribution in [0, 0.1) is 0 Å². The molecule has 0 aliphatic carbocycles. The van der Waals surface area contributed by atoms with Gasteiger partial charge in [-0.3, -0.25) is 4.79 Å². The van der Waals surface area contributed by atoms with E-state index in [0.717, 1.165) is 36.1 Å². The predicted molar refractivity (Wildman–Crippen MR) is 77.4 cm³/mol. The number of hydrogen-bond donors (Lipinski definition) is 1. The molecule has 1 saturated heterocycles. The molecule has 0 amide bonds. The van der Waals surface area contributed by atoms with Crippen molar-refractivity contribution in [3.05, 3.63) is 30.0 Å². The molecule has 0 saturated carbocycles. The molecular formula is C16H19NO3. The Bertz CT molecular complexity index is 611. The summed E-state index contributed by atoms with van der Waals surface area (Å²) in [4.78, 5) is 15.6. The van der Waals surface area contributed by atoms with Gasteiger partial charge in [-0.2, -0.15) is 0 Å². The number of ether oxygens (including phenoxy) is 2. The van der Waals surface area contributed by atoms with Crippen molar-refractivity contribution in [3.8, 4) is 5.75 Å². The highest BCUT2D eigenvalue weighted by Crippen LogP contribution is 2.30. The van der Waals surface area contributed by atoms with Crippen LogP contribution in [0.5, 0.6) is 5.75 Å². The molecule has 20 heavy (non-hydrogen) atoms. The van der Waals surface area contributed by atoms with Crippen molar-refractivity contribution in [2.45, 2.75) is 32.3 Å². The van der Waals surface area contributed by atoms with Crippen LogP contribution in [-0.2, 0) is 4.74 Å². The normalized spacial score (nSPS) is 18.6. The lowest BCUT2D eigenvalue weighted by Crippen LogP contribution is -2.12. The highest BCUT2D eigenvalue weighted by Gasteiger charge is 2.22. The number of aromatic nitrogens is 1. The Kier molecular flexibility index (Phi) is 3.74. The van der Waals surface area contributed by atoms with Gasteiger partial charge in [0, 0.05) is 30.3 Å². The van der Waals surface area contributed by atoms with Crippen molar-refractivity contribution >= 4 is 16.7 Å². The Hall–Kier alpha value is -1.81. The molecule has 3 rings (SSSR count). The molecule has 1 aromatic heterocycles. The summed E-state index contributed by atoms with van der Waals surface area (Å²) in [6.07, 6.45) is 4.34. The van der Waals surface area contributed by atoms with Gasteiger partial charge < -0.3 is 14.5 Å². The number of rotatable bonds is 5. The van der Waals surface area contributed by atoms with Crippen LogP contribution in [0.1, 0.15) is 36.5 Å². The van der Waals surface area contributed by atoms with E-state index in [2.05, 4.69) is 4.98 Å². The zero-order valence-corrected chi connectivity index (χ0v) is 11.6. The van der Waals surface area contributed by atoms with Gasteiger partial charge in [-0.25, -0.2) is 0 Å². The van der Waals surface area contributed by atoms with Crippen LogP contribution in [0.25, 0.3) is 10.9 Å². The highest BCUT2D eigenvalue weighted by atomic mass is 16.5. The van der Waals surface area contributed by atoms with E-state index < -0.39 is 0 Å². The van der Waals surface area contributed by atoms with Gasteiger partial charge in [0.25, 0.3) is 0 Å². The molecule has 1 unspecified atom stereocenters. The summed E-state index contributed by atoms with van der Waals surface area (Å²) in [5.41, 5.74) is 1.64. The maximum atomic E-state index is 12.5. The van der Waals surface area contributed by atoms with Gasteiger partial charge in [-0.15, -0.1) is 0 Å². The molecule has 106 valence electrons. The standard InChI is InChI=1S/C16H19NO3/c1-2-19-15-7-3-6-13-16(15)12(10-17-13)14(18)9-11-5-4-8-20-11/h3,6-7,10-11,17H,2,4-5,8-9H2,1H3. The third-order valence-corrected chi connectivity index (χ3v) is 3.70. The number of aromatic amines is 1. The fourth-order valence-electron chi connectivity index (χ4n) is 2.77. The van der Waals surface area contributed by atoms with Crippen LogP contribution >= 0.6 is 0 Å². The lowest BCUT2D eigenvalue weighted by Gasteiger charge is -2.09. The molecule has 1 atom stereocenters. The van der Waals surface area contributed by atoms with Crippen LogP contribution in [-0.4, -0.2) is 30.1 Å². The van der Waals surface area contributed by atoms with Gasteiger partial charge in [0.05, 0.1) is 18.1 Å². The molecule has 2 aromatic rings. The van der Waals surface area contributed by atoms with Crippen LogP contribution < -0.4 is 4.74 Å². The molecule has 1 fully saturated rings. The van der Waals surface area contributed by atoms with Gasteiger partial charge >= 0.3 is 0 Å². The molecule has 1 aliphatic rings. The van der Waals surface area contributed by atoms with E-state index in [1.165, 1.54) is 0 Å². The molecule has 1 N–H and O–H groups in total. The number of carbonyl (C=O) groups excluding carboxylic acids is 1. The van der Waals surface area contributed by atoms with E-state index in [1.807, 2.05) is 25.1 Å². The summed E-state index contributed by atoms with van der Waals surface area (Å²) >= 11 is 0. The number of hydrogen-bond acceptors (Lipinski definition) is 3. The zero-order chi connectivity index (χ0) is 13.9. The maximum absolute atomic E-state index is 12.5. The first-order chi connectivity index (χ1) is 9.79. The van der Waals surface area contributed by atoms with Crippen LogP contribution in [0.2, 0.25) is 0 Å². The molecule has 4 nitrogen and oxygen atoms in total. The SMILES string of the molecule is CCOc1cccc2[nH]cc(C(=O)CC3CCCO3)c12. The fourth-order valence-corrected chi connectivity index (χ4v) is 2.77. The van der Waals surface area contributed by atoms with Crippen LogP contribution in [0.3, 0.4) is 0 Å². The van der Waals surface area contributed by atoms with Crippen LogP contribution in [0.4, 0.5) is 0 Å². The summed E-state index contributed by atoms with van der Waals surface area (Å²) in [6.45, 7) is 3.30. The van der Waals surface area contributed by atoms with Crippen molar-refractivity contribution in [1.29, 1.82) is 0 Å². The van der Waals surface area contributed by atoms with E-state index in [1.54, 1.807) is 6.20 Å². The minimum atomic E-state index is 0.0757. The van der Waals surface area contributed by atoms with Gasteiger partial charge in [0.15, 0.2) is 5.78 Å². The van der Waals surface area contributed by atoms with E-state index in [4.69, 9.17) is 9.47 Å². The van der Waals surface area contributed by atoms with E-state index in [0.29, 0.717) is 18.6 Å². The van der Waals surface area contributed by atoms with Gasteiger partial charge in [0.2, 0.25) is 0 Å². The van der Waals surface area contributed by atoms with E-state index >= 15 is 0 Å². The second-order valence-corrected chi connectivity index (χ2v) is 5.08. The van der Waals surface area contributed by atoms with E-state index in [-0.39, 0.29) is 11.9 Å².